The van der Waals surface area contributed by atoms with Gasteiger partial charge in [-0.25, -0.2) is 13.8 Å². The number of nitrogens with zero attached hydrogens (tertiary/aromatic N) is 2. The lowest BCUT2D eigenvalue weighted by Crippen LogP contribution is -2.02. The first-order valence-electron chi connectivity index (χ1n) is 3.95. The number of alkyl halides is 3. The van der Waals surface area contributed by atoms with Crippen molar-refractivity contribution in [3.63, 3.8) is 0 Å². The second kappa shape index (κ2) is 4.89. The molecule has 0 radical (unpaired) electrons. The molecule has 0 saturated carbocycles. The fourth-order valence-corrected chi connectivity index (χ4v) is 1.35. The summed E-state index contributed by atoms with van der Waals surface area (Å²) in [5.74, 6) is -0.282. The summed E-state index contributed by atoms with van der Waals surface area (Å²) in [6.07, 6.45) is -1.55. The average Bonchev–Trinajstić information content (AvgIpc) is 2.26. The molecule has 0 atom stereocenters. The van der Waals surface area contributed by atoms with Crippen LogP contribution in [0.15, 0.2) is 6.20 Å². The minimum absolute atomic E-state index is 0.0421. The van der Waals surface area contributed by atoms with Gasteiger partial charge < -0.3 is 4.74 Å². The average molecular weight is 233 g/mol. The molecule has 0 amide bonds. The van der Waals surface area contributed by atoms with Crippen molar-refractivity contribution in [2.45, 2.75) is 12.3 Å². The minimum atomic E-state index is -2.81. The van der Waals surface area contributed by atoms with Crippen LogP contribution in [-0.2, 0) is 5.88 Å². The Morgan fingerprint density at radius 2 is 2.33 bits per heavy atom. The Balaban J connectivity index is 3.46. The molecule has 0 aliphatic carbocycles. The van der Waals surface area contributed by atoms with E-state index in [9.17, 15) is 8.78 Å². The van der Waals surface area contributed by atoms with Gasteiger partial charge in [0.2, 0.25) is 5.88 Å². The van der Waals surface area contributed by atoms with Crippen LogP contribution in [-0.4, -0.2) is 12.1 Å². The van der Waals surface area contributed by atoms with E-state index in [1.165, 1.54) is 13.3 Å². The molecule has 0 bridgehead atoms. The van der Waals surface area contributed by atoms with E-state index in [0.717, 1.165) is 0 Å². The number of methoxy groups -OCH3 is 1. The molecule has 6 heteroatoms. The second-order valence-corrected chi connectivity index (χ2v) is 2.89. The smallest absolute Gasteiger partial charge is 0.270 e. The molecule has 0 spiro atoms. The largest absolute Gasteiger partial charge is 0.481 e. The van der Waals surface area contributed by atoms with E-state index in [1.807, 2.05) is 0 Å². The molecular formula is C9H7ClF2N2O. The van der Waals surface area contributed by atoms with E-state index >= 15 is 0 Å². The van der Waals surface area contributed by atoms with Gasteiger partial charge in [-0.2, -0.15) is 5.26 Å². The van der Waals surface area contributed by atoms with Gasteiger partial charge in [0.1, 0.15) is 6.07 Å². The highest BCUT2D eigenvalue weighted by molar-refractivity contribution is 6.17. The maximum Gasteiger partial charge on any atom is 0.270 e. The molecule has 80 valence electrons. The van der Waals surface area contributed by atoms with Crippen molar-refractivity contribution in [2.24, 2.45) is 0 Å². The normalized spacial score (nSPS) is 10.1. The van der Waals surface area contributed by atoms with Gasteiger partial charge in [-0.15, -0.1) is 11.6 Å². The Bertz CT molecular complexity index is 404. The lowest BCUT2D eigenvalue weighted by atomic mass is 10.1. The monoisotopic (exact) mass is 232 g/mol. The SMILES string of the molecule is COc1ncc(CCl)c(C#N)c1C(F)F. The van der Waals surface area contributed by atoms with E-state index < -0.39 is 12.0 Å². The fraction of sp³-hybridized carbons (Fsp3) is 0.333. The first kappa shape index (κ1) is 11.7. The molecule has 0 unspecified atom stereocenters. The fourth-order valence-electron chi connectivity index (χ4n) is 1.15. The molecule has 0 aromatic carbocycles. The van der Waals surface area contributed by atoms with Gasteiger partial charge in [0, 0.05) is 11.8 Å². The molecule has 0 saturated heterocycles. The Morgan fingerprint density at radius 1 is 1.67 bits per heavy atom. The number of halogens is 3. The van der Waals surface area contributed by atoms with Gasteiger partial charge in [0.25, 0.3) is 6.43 Å². The zero-order chi connectivity index (χ0) is 11.4. The molecule has 3 nitrogen and oxygen atoms in total. The predicted octanol–water partition coefficient (Wildman–Crippen LogP) is 2.64. The molecule has 15 heavy (non-hydrogen) atoms. The van der Waals surface area contributed by atoms with Crippen molar-refractivity contribution in [2.75, 3.05) is 7.11 Å². The van der Waals surface area contributed by atoms with Crippen LogP contribution in [0.4, 0.5) is 8.78 Å². The van der Waals surface area contributed by atoms with Gasteiger partial charge in [0.15, 0.2) is 0 Å². The van der Waals surface area contributed by atoms with Gasteiger partial charge in [-0.05, 0) is 0 Å². The van der Waals surface area contributed by atoms with Crippen molar-refractivity contribution in [1.29, 1.82) is 5.26 Å². The summed E-state index contributed by atoms with van der Waals surface area (Å²) in [7, 11) is 1.22. The number of nitriles is 1. The summed E-state index contributed by atoms with van der Waals surface area (Å²) in [4.78, 5) is 3.66. The van der Waals surface area contributed by atoms with Crippen LogP contribution >= 0.6 is 11.6 Å². The molecule has 1 heterocycles. The summed E-state index contributed by atoms with van der Waals surface area (Å²) >= 11 is 5.51. The van der Waals surface area contributed by atoms with E-state index in [-0.39, 0.29) is 22.9 Å². The summed E-state index contributed by atoms with van der Waals surface area (Å²) in [6, 6.07) is 1.69. The third kappa shape index (κ3) is 2.16. The summed E-state index contributed by atoms with van der Waals surface area (Å²) in [6.45, 7) is 0. The number of rotatable bonds is 3. The highest BCUT2D eigenvalue weighted by Crippen LogP contribution is 2.32. The van der Waals surface area contributed by atoms with Crippen LogP contribution in [0.1, 0.15) is 23.1 Å². The predicted molar refractivity (Wildman–Crippen MR) is 50.0 cm³/mol. The third-order valence-electron chi connectivity index (χ3n) is 1.83. The van der Waals surface area contributed by atoms with Gasteiger partial charge >= 0.3 is 0 Å². The number of hydrogen-bond donors (Lipinski definition) is 0. The van der Waals surface area contributed by atoms with Crippen LogP contribution in [0.2, 0.25) is 0 Å². The van der Waals surface area contributed by atoms with Crippen LogP contribution < -0.4 is 4.74 Å². The van der Waals surface area contributed by atoms with Crippen LogP contribution in [0.3, 0.4) is 0 Å². The second-order valence-electron chi connectivity index (χ2n) is 2.63. The van der Waals surface area contributed by atoms with Crippen molar-refractivity contribution >= 4 is 11.6 Å². The van der Waals surface area contributed by atoms with E-state index in [4.69, 9.17) is 16.9 Å². The zero-order valence-corrected chi connectivity index (χ0v) is 8.55. The topological polar surface area (TPSA) is 45.9 Å². The molecule has 1 aromatic heterocycles. The maximum atomic E-state index is 12.7. The number of aromatic nitrogens is 1. The number of ether oxygens (including phenoxy) is 1. The Morgan fingerprint density at radius 3 is 2.73 bits per heavy atom. The van der Waals surface area contributed by atoms with Crippen molar-refractivity contribution < 1.29 is 13.5 Å². The summed E-state index contributed by atoms with van der Waals surface area (Å²) < 4.78 is 30.0. The van der Waals surface area contributed by atoms with E-state index in [0.29, 0.717) is 0 Å². The molecule has 0 aliphatic heterocycles. The highest BCUT2D eigenvalue weighted by Gasteiger charge is 2.22. The molecule has 1 aromatic rings. The summed E-state index contributed by atoms with van der Waals surface area (Å²) in [5.41, 5.74) is -0.389. The van der Waals surface area contributed by atoms with Crippen LogP contribution in [0.25, 0.3) is 0 Å². The first-order valence-corrected chi connectivity index (χ1v) is 4.49. The summed E-state index contributed by atoms with van der Waals surface area (Å²) in [5, 5.41) is 8.77. The quantitative estimate of drug-likeness (QED) is 0.753. The lowest BCUT2D eigenvalue weighted by molar-refractivity contribution is 0.145. The first-order chi connectivity index (χ1) is 7.15. The van der Waals surface area contributed by atoms with Crippen LogP contribution in [0, 0.1) is 11.3 Å². The zero-order valence-electron chi connectivity index (χ0n) is 7.80. The molecule has 0 N–H and O–H groups in total. The van der Waals surface area contributed by atoms with Crippen molar-refractivity contribution in [3.8, 4) is 11.9 Å². The Hall–Kier alpha value is -1.41. The third-order valence-corrected chi connectivity index (χ3v) is 2.11. The standard InChI is InChI=1S/C9H7ClF2N2O/c1-15-9-7(8(11)12)6(3-13)5(2-10)4-14-9/h4,8H,2H2,1H3. The van der Waals surface area contributed by atoms with E-state index in [2.05, 4.69) is 9.72 Å². The van der Waals surface area contributed by atoms with Crippen molar-refractivity contribution in [1.82, 2.24) is 4.98 Å². The maximum absolute atomic E-state index is 12.7. The molecule has 1 rings (SSSR count). The van der Waals surface area contributed by atoms with Gasteiger partial charge in [-0.1, -0.05) is 0 Å². The van der Waals surface area contributed by atoms with E-state index in [1.54, 1.807) is 6.07 Å². The highest BCUT2D eigenvalue weighted by atomic mass is 35.5. The van der Waals surface area contributed by atoms with Gasteiger partial charge in [0.05, 0.1) is 24.1 Å². The van der Waals surface area contributed by atoms with Crippen molar-refractivity contribution in [3.05, 3.63) is 22.9 Å². The van der Waals surface area contributed by atoms with Crippen LogP contribution in [0.5, 0.6) is 5.88 Å². The minimum Gasteiger partial charge on any atom is -0.481 e. The lowest BCUT2D eigenvalue weighted by Gasteiger charge is -2.10. The number of hydrogen-bond acceptors (Lipinski definition) is 3. The number of pyridine rings is 1. The van der Waals surface area contributed by atoms with Gasteiger partial charge in [-0.3, -0.25) is 0 Å². The Labute approximate surface area is 90.3 Å². The molecule has 0 aliphatic rings. The molecule has 0 fully saturated rings. The molecular weight excluding hydrogens is 226 g/mol. The Kier molecular flexibility index (Phi) is 3.81.